The van der Waals surface area contributed by atoms with Crippen LogP contribution in [-0.2, 0) is 21.6 Å². The van der Waals surface area contributed by atoms with Crippen LogP contribution in [0, 0.1) is 0 Å². The summed E-state index contributed by atoms with van der Waals surface area (Å²) in [5.41, 5.74) is 1.98. The zero-order chi connectivity index (χ0) is 23.1. The Balaban J connectivity index is 0.000000656. The molecular formula is C18H30N6O4S2. The molecule has 0 bridgehead atoms. The summed E-state index contributed by atoms with van der Waals surface area (Å²) in [6.07, 6.45) is 0. The van der Waals surface area contributed by atoms with Crippen molar-refractivity contribution in [2.45, 2.75) is 39.8 Å². The zero-order valence-corrected chi connectivity index (χ0v) is 20.2. The van der Waals surface area contributed by atoms with Crippen LogP contribution in [0.5, 0.6) is 0 Å². The molecule has 1 aromatic heterocycles. The highest BCUT2D eigenvalue weighted by Crippen LogP contribution is 2.29. The molecule has 0 fully saturated rings. The lowest BCUT2D eigenvalue weighted by Gasteiger charge is -2.28. The molecule has 0 radical (unpaired) electrons. The average molecular weight is 459 g/mol. The van der Waals surface area contributed by atoms with Gasteiger partial charge in [-0.15, -0.1) is 4.68 Å². The number of rotatable bonds is 7. The second kappa shape index (κ2) is 11.3. The van der Waals surface area contributed by atoms with Crippen molar-refractivity contribution in [1.82, 2.24) is 5.10 Å². The lowest BCUT2D eigenvalue weighted by molar-refractivity contribution is -0.712. The van der Waals surface area contributed by atoms with E-state index in [2.05, 4.69) is 57.0 Å². The molecule has 0 aliphatic heterocycles. The number of hydrogen-bond acceptors (Lipinski definition) is 10. The molecule has 0 atom stereocenters. The summed E-state index contributed by atoms with van der Waals surface area (Å²) in [7, 11) is 2.34. The molecule has 0 spiro atoms. The van der Waals surface area contributed by atoms with Gasteiger partial charge in [0.1, 0.15) is 12.7 Å². The first-order chi connectivity index (χ1) is 13.9. The van der Waals surface area contributed by atoms with Gasteiger partial charge in [0, 0.05) is 31.9 Å². The number of azo groups is 1. The number of aromatic nitrogens is 2. The quantitative estimate of drug-likeness (QED) is 0.271. The Hall–Kier alpha value is -2.15. The van der Waals surface area contributed by atoms with Crippen LogP contribution in [0.4, 0.5) is 21.6 Å². The highest BCUT2D eigenvalue weighted by atomic mass is 32.3. The van der Waals surface area contributed by atoms with E-state index in [9.17, 15) is 13.0 Å². The number of hydrogen-bond donors (Lipinski definition) is 0. The lowest BCUT2D eigenvalue weighted by atomic mass is 10.2. The molecule has 0 unspecified atom stereocenters. The van der Waals surface area contributed by atoms with Crippen molar-refractivity contribution in [3.8, 4) is 0 Å². The van der Waals surface area contributed by atoms with Crippen molar-refractivity contribution in [3.63, 3.8) is 0 Å². The van der Waals surface area contributed by atoms with E-state index in [0.717, 1.165) is 28.7 Å². The SMILES string of the molecule is CC(C)N(c1n[n+](C)c(N=Nc2ccc(N(C)C)cc2)s1)C(C)C.COS(=O)(=O)[O-]. The first-order valence-electron chi connectivity index (χ1n) is 9.21. The Morgan fingerprint density at radius 3 is 2.00 bits per heavy atom. The van der Waals surface area contributed by atoms with Crippen molar-refractivity contribution < 1.29 is 21.8 Å². The van der Waals surface area contributed by atoms with Gasteiger partial charge in [0.05, 0.1) is 12.2 Å². The monoisotopic (exact) mass is 458 g/mol. The van der Waals surface area contributed by atoms with Crippen LogP contribution in [0.2, 0.25) is 0 Å². The van der Waals surface area contributed by atoms with Gasteiger partial charge in [-0.1, -0.05) is 5.10 Å². The number of aryl methyl sites for hydroxylation is 1. The molecule has 30 heavy (non-hydrogen) atoms. The van der Waals surface area contributed by atoms with Crippen molar-refractivity contribution in [2.75, 3.05) is 31.0 Å². The molecule has 0 saturated heterocycles. The molecule has 2 aromatic rings. The Kier molecular flexibility index (Phi) is 9.75. The minimum absolute atomic E-state index is 0.388. The summed E-state index contributed by atoms with van der Waals surface area (Å²) in [5, 5.41) is 15.1. The molecule has 12 heteroatoms. The van der Waals surface area contributed by atoms with Gasteiger partial charge in [-0.3, -0.25) is 4.18 Å². The number of benzene rings is 1. The predicted octanol–water partition coefficient (Wildman–Crippen LogP) is 3.17. The Morgan fingerprint density at radius 1 is 1.10 bits per heavy atom. The Labute approximate surface area is 182 Å². The fourth-order valence-corrected chi connectivity index (χ4v) is 3.59. The van der Waals surface area contributed by atoms with E-state index >= 15 is 0 Å². The summed E-state index contributed by atoms with van der Waals surface area (Å²) in [6.45, 7) is 8.70. The molecule has 168 valence electrons. The van der Waals surface area contributed by atoms with E-state index < -0.39 is 10.4 Å². The fourth-order valence-electron chi connectivity index (χ4n) is 2.48. The molecule has 0 N–H and O–H groups in total. The van der Waals surface area contributed by atoms with E-state index in [1.165, 1.54) is 0 Å². The third kappa shape index (κ3) is 8.30. The smallest absolute Gasteiger partial charge is 0.431 e. The van der Waals surface area contributed by atoms with Gasteiger partial charge in [0.25, 0.3) is 0 Å². The van der Waals surface area contributed by atoms with Crippen molar-refractivity contribution in [1.29, 1.82) is 0 Å². The molecule has 2 rings (SSSR count). The van der Waals surface area contributed by atoms with Crippen LogP contribution < -0.4 is 14.5 Å². The van der Waals surface area contributed by atoms with Crippen LogP contribution in [-0.4, -0.2) is 51.4 Å². The molecule has 0 aliphatic rings. The third-order valence-electron chi connectivity index (χ3n) is 3.85. The van der Waals surface area contributed by atoms with Crippen molar-refractivity contribution in [3.05, 3.63) is 24.3 Å². The van der Waals surface area contributed by atoms with E-state index in [-0.39, 0.29) is 0 Å². The van der Waals surface area contributed by atoms with E-state index in [1.54, 1.807) is 16.0 Å². The topological polar surface area (TPSA) is 114 Å². The second-order valence-corrected chi connectivity index (χ2v) is 9.16. The van der Waals surface area contributed by atoms with Gasteiger partial charge in [0.15, 0.2) is 0 Å². The first kappa shape index (κ1) is 25.9. The maximum absolute atomic E-state index is 9.22. The van der Waals surface area contributed by atoms with Gasteiger partial charge in [0.2, 0.25) is 15.5 Å². The predicted molar refractivity (Wildman–Crippen MR) is 118 cm³/mol. The summed E-state index contributed by atoms with van der Waals surface area (Å²) in [4.78, 5) is 4.35. The minimum atomic E-state index is -4.41. The van der Waals surface area contributed by atoms with Crippen LogP contribution in [0.3, 0.4) is 0 Å². The maximum atomic E-state index is 9.22. The van der Waals surface area contributed by atoms with Gasteiger partial charge < -0.3 is 14.4 Å². The fraction of sp³-hybridized carbons (Fsp3) is 0.556. The van der Waals surface area contributed by atoms with E-state index in [4.69, 9.17) is 0 Å². The normalized spacial score (nSPS) is 11.7. The summed E-state index contributed by atoms with van der Waals surface area (Å²) in [5.74, 6) is 0. The number of nitrogens with zero attached hydrogens (tertiary/aromatic N) is 6. The van der Waals surface area contributed by atoms with Crippen molar-refractivity contribution >= 4 is 43.4 Å². The van der Waals surface area contributed by atoms with Gasteiger partial charge in [-0.2, -0.15) is 0 Å². The molecule has 1 heterocycles. The van der Waals surface area contributed by atoms with Crippen LogP contribution >= 0.6 is 11.3 Å². The van der Waals surface area contributed by atoms with Crippen LogP contribution in [0.25, 0.3) is 0 Å². The summed E-state index contributed by atoms with van der Waals surface area (Å²) >= 11 is 1.56. The van der Waals surface area contributed by atoms with E-state index in [1.807, 2.05) is 45.4 Å². The van der Waals surface area contributed by atoms with Gasteiger partial charge in [-0.05, 0) is 68.4 Å². The molecule has 0 saturated carbocycles. The molecule has 0 aliphatic carbocycles. The standard InChI is InChI=1S/C17H27N6S.CH4O4S/c1-12(2)23(13(3)4)17-20-22(7)16(24-17)19-18-14-8-10-15(11-9-14)21(5)6;1-5-6(2,3)4/h8-13H,1-7H3;1H3,(H,2,3,4)/q+1;/p-1. The average Bonchev–Trinajstić information content (AvgIpc) is 2.99. The van der Waals surface area contributed by atoms with Crippen LogP contribution in [0.15, 0.2) is 34.5 Å². The largest absolute Gasteiger partial charge is 0.726 e. The van der Waals surface area contributed by atoms with Crippen LogP contribution in [0.1, 0.15) is 27.7 Å². The van der Waals surface area contributed by atoms with E-state index in [0.29, 0.717) is 12.1 Å². The maximum Gasteiger partial charge on any atom is 0.431 e. The Bertz CT molecular complexity index is 917. The molecular weight excluding hydrogens is 428 g/mol. The summed E-state index contributed by atoms with van der Waals surface area (Å²) < 4.78 is 32.8. The minimum Gasteiger partial charge on any atom is -0.726 e. The second-order valence-electron chi connectivity index (χ2n) is 7.07. The summed E-state index contributed by atoms with van der Waals surface area (Å²) in [6, 6.07) is 8.78. The van der Waals surface area contributed by atoms with Crippen molar-refractivity contribution in [2.24, 2.45) is 17.3 Å². The van der Waals surface area contributed by atoms with Gasteiger partial charge in [-0.25, -0.2) is 8.42 Å². The first-order valence-corrected chi connectivity index (χ1v) is 11.4. The molecule has 10 nitrogen and oxygen atoms in total. The van der Waals surface area contributed by atoms with Gasteiger partial charge >= 0.3 is 5.13 Å². The zero-order valence-electron chi connectivity index (χ0n) is 18.6. The Morgan fingerprint density at radius 2 is 1.60 bits per heavy atom. The highest BCUT2D eigenvalue weighted by molar-refractivity contribution is 7.80. The molecule has 0 amide bonds. The molecule has 1 aromatic carbocycles. The number of anilines is 2. The lowest BCUT2D eigenvalue weighted by Crippen LogP contribution is -2.39. The third-order valence-corrected chi connectivity index (χ3v) is 5.26. The highest BCUT2D eigenvalue weighted by Gasteiger charge is 2.24.